The Morgan fingerprint density at radius 2 is 2.29 bits per heavy atom. The Bertz CT molecular complexity index is 322. The van der Waals surface area contributed by atoms with Gasteiger partial charge >= 0.3 is 0 Å². The summed E-state index contributed by atoms with van der Waals surface area (Å²) in [5.74, 6) is 0.710. The fourth-order valence-electron chi connectivity index (χ4n) is 1.90. The number of aryl methyl sites for hydroxylation is 1. The number of aliphatic hydroxyl groups is 2. The first-order valence-corrected chi connectivity index (χ1v) is 4.86. The molecule has 1 aromatic rings. The molecule has 0 heterocycles. The van der Waals surface area contributed by atoms with Crippen LogP contribution in [0.1, 0.15) is 23.7 Å². The summed E-state index contributed by atoms with van der Waals surface area (Å²) >= 11 is 0. The van der Waals surface area contributed by atoms with Crippen molar-refractivity contribution >= 4 is 0 Å². The minimum absolute atomic E-state index is 0.000235. The molecule has 2 N–H and O–H groups in total. The van der Waals surface area contributed by atoms with Crippen molar-refractivity contribution in [2.75, 3.05) is 13.2 Å². The van der Waals surface area contributed by atoms with Crippen LogP contribution in [0.15, 0.2) is 18.2 Å². The number of fused-ring (bicyclic) bond motifs is 1. The average molecular weight is 194 g/mol. The topological polar surface area (TPSA) is 49.7 Å². The highest BCUT2D eigenvalue weighted by molar-refractivity contribution is 5.44. The van der Waals surface area contributed by atoms with E-state index in [1.165, 1.54) is 0 Å². The molecule has 1 aromatic carbocycles. The summed E-state index contributed by atoms with van der Waals surface area (Å²) in [6, 6.07) is 5.77. The molecular formula is C11H14O3. The van der Waals surface area contributed by atoms with Crippen molar-refractivity contribution in [1.29, 1.82) is 0 Å². The zero-order valence-corrected chi connectivity index (χ0v) is 7.94. The molecule has 0 fully saturated rings. The molecular weight excluding hydrogens is 180 g/mol. The Morgan fingerprint density at radius 3 is 3.07 bits per heavy atom. The molecule has 0 unspecified atom stereocenters. The van der Waals surface area contributed by atoms with Gasteiger partial charge in [0.1, 0.15) is 12.4 Å². The Morgan fingerprint density at radius 1 is 1.43 bits per heavy atom. The summed E-state index contributed by atoms with van der Waals surface area (Å²) in [4.78, 5) is 0. The molecule has 0 amide bonds. The lowest BCUT2D eigenvalue weighted by Gasteiger charge is -2.11. The van der Waals surface area contributed by atoms with Gasteiger partial charge in [-0.3, -0.25) is 0 Å². The molecule has 0 saturated heterocycles. The van der Waals surface area contributed by atoms with Crippen molar-refractivity contribution in [1.82, 2.24) is 0 Å². The lowest BCUT2D eigenvalue weighted by Crippen LogP contribution is -2.05. The monoisotopic (exact) mass is 194 g/mol. The first kappa shape index (κ1) is 9.49. The largest absolute Gasteiger partial charge is 0.491 e. The van der Waals surface area contributed by atoms with E-state index in [0.29, 0.717) is 5.75 Å². The molecule has 0 bridgehead atoms. The van der Waals surface area contributed by atoms with Gasteiger partial charge in [0.05, 0.1) is 12.7 Å². The molecule has 0 aromatic heterocycles. The second-order valence-corrected chi connectivity index (χ2v) is 3.46. The quantitative estimate of drug-likeness (QED) is 0.755. The number of rotatable bonds is 3. The van der Waals surface area contributed by atoms with Crippen LogP contribution in [0.5, 0.6) is 5.75 Å². The normalized spacial score (nSPS) is 19.4. The molecule has 2 rings (SSSR count). The third-order valence-electron chi connectivity index (χ3n) is 2.53. The molecule has 0 aliphatic heterocycles. The van der Waals surface area contributed by atoms with Gasteiger partial charge in [0.2, 0.25) is 0 Å². The molecule has 76 valence electrons. The van der Waals surface area contributed by atoms with Crippen LogP contribution >= 0.6 is 0 Å². The van der Waals surface area contributed by atoms with Crippen LogP contribution in [0.3, 0.4) is 0 Å². The SMILES string of the molecule is OCCOc1cccc2c1[C@H](O)CC2. The summed E-state index contributed by atoms with van der Waals surface area (Å²) < 4.78 is 5.36. The number of benzene rings is 1. The fraction of sp³-hybridized carbons (Fsp3) is 0.455. The summed E-state index contributed by atoms with van der Waals surface area (Å²) in [5, 5.41) is 18.4. The van der Waals surface area contributed by atoms with E-state index in [1.807, 2.05) is 18.2 Å². The first-order valence-electron chi connectivity index (χ1n) is 4.86. The van der Waals surface area contributed by atoms with Gasteiger partial charge < -0.3 is 14.9 Å². The van der Waals surface area contributed by atoms with Gasteiger partial charge in [0.15, 0.2) is 0 Å². The van der Waals surface area contributed by atoms with Crippen molar-refractivity contribution in [3.05, 3.63) is 29.3 Å². The fourth-order valence-corrected chi connectivity index (χ4v) is 1.90. The summed E-state index contributed by atoms with van der Waals surface area (Å²) in [6.07, 6.45) is 1.28. The number of ether oxygens (including phenoxy) is 1. The zero-order valence-electron chi connectivity index (χ0n) is 7.94. The maximum atomic E-state index is 9.72. The molecule has 3 nitrogen and oxygen atoms in total. The second kappa shape index (κ2) is 3.98. The van der Waals surface area contributed by atoms with Gasteiger partial charge in [0.25, 0.3) is 0 Å². The molecule has 0 spiro atoms. The van der Waals surface area contributed by atoms with E-state index in [9.17, 15) is 5.11 Å². The second-order valence-electron chi connectivity index (χ2n) is 3.46. The Kier molecular flexibility index (Phi) is 2.70. The summed E-state index contributed by atoms with van der Waals surface area (Å²) in [7, 11) is 0. The van der Waals surface area contributed by atoms with Crippen LogP contribution < -0.4 is 4.74 Å². The Hall–Kier alpha value is -1.06. The molecule has 1 aliphatic carbocycles. The molecule has 14 heavy (non-hydrogen) atoms. The third-order valence-corrected chi connectivity index (χ3v) is 2.53. The highest BCUT2D eigenvalue weighted by Gasteiger charge is 2.23. The van der Waals surface area contributed by atoms with Crippen LogP contribution in [-0.4, -0.2) is 23.4 Å². The minimum Gasteiger partial charge on any atom is -0.491 e. The lowest BCUT2D eigenvalue weighted by molar-refractivity contribution is 0.166. The standard InChI is InChI=1S/C11H14O3/c12-6-7-14-10-3-1-2-8-4-5-9(13)11(8)10/h1-3,9,12-13H,4-7H2/t9-/m1/s1. The Labute approximate surface area is 83.0 Å². The van der Waals surface area contributed by atoms with Crippen LogP contribution in [0.4, 0.5) is 0 Å². The van der Waals surface area contributed by atoms with Gasteiger partial charge in [0, 0.05) is 5.56 Å². The van der Waals surface area contributed by atoms with Gasteiger partial charge in [-0.05, 0) is 24.5 Å². The Balaban J connectivity index is 2.27. The van der Waals surface area contributed by atoms with Gasteiger partial charge in [-0.25, -0.2) is 0 Å². The van der Waals surface area contributed by atoms with Gasteiger partial charge in [-0.1, -0.05) is 12.1 Å². The lowest BCUT2D eigenvalue weighted by atomic mass is 10.1. The molecule has 1 aliphatic rings. The summed E-state index contributed by atoms with van der Waals surface area (Å²) in [6.45, 7) is 0.281. The van der Waals surface area contributed by atoms with Crippen LogP contribution in [0.25, 0.3) is 0 Å². The maximum Gasteiger partial charge on any atom is 0.125 e. The predicted molar refractivity (Wildman–Crippen MR) is 52.3 cm³/mol. The molecule has 0 saturated carbocycles. The van der Waals surface area contributed by atoms with Crippen molar-refractivity contribution in [3.8, 4) is 5.75 Å². The molecule has 1 atom stereocenters. The van der Waals surface area contributed by atoms with Crippen molar-refractivity contribution < 1.29 is 14.9 Å². The molecule has 3 heteroatoms. The van der Waals surface area contributed by atoms with E-state index in [-0.39, 0.29) is 13.2 Å². The van der Waals surface area contributed by atoms with Gasteiger partial charge in [-0.2, -0.15) is 0 Å². The number of hydrogen-bond acceptors (Lipinski definition) is 3. The van der Waals surface area contributed by atoms with E-state index < -0.39 is 6.10 Å². The minimum atomic E-state index is -0.403. The van der Waals surface area contributed by atoms with E-state index in [2.05, 4.69) is 0 Å². The van der Waals surface area contributed by atoms with E-state index in [0.717, 1.165) is 24.0 Å². The number of hydrogen-bond donors (Lipinski definition) is 2. The predicted octanol–water partition coefficient (Wildman–Crippen LogP) is 1.04. The van der Waals surface area contributed by atoms with Crippen molar-refractivity contribution in [2.45, 2.75) is 18.9 Å². The third kappa shape index (κ3) is 1.61. The molecule has 0 radical (unpaired) electrons. The van der Waals surface area contributed by atoms with E-state index in [4.69, 9.17) is 9.84 Å². The van der Waals surface area contributed by atoms with E-state index >= 15 is 0 Å². The summed E-state index contributed by atoms with van der Waals surface area (Å²) in [5.41, 5.74) is 2.06. The highest BCUT2D eigenvalue weighted by atomic mass is 16.5. The highest BCUT2D eigenvalue weighted by Crippen LogP contribution is 2.37. The number of aliphatic hydroxyl groups excluding tert-OH is 2. The van der Waals surface area contributed by atoms with E-state index in [1.54, 1.807) is 0 Å². The smallest absolute Gasteiger partial charge is 0.125 e. The van der Waals surface area contributed by atoms with Crippen LogP contribution in [0.2, 0.25) is 0 Å². The van der Waals surface area contributed by atoms with Crippen molar-refractivity contribution in [2.24, 2.45) is 0 Å². The van der Waals surface area contributed by atoms with Crippen LogP contribution in [0, 0.1) is 0 Å². The van der Waals surface area contributed by atoms with Crippen LogP contribution in [-0.2, 0) is 6.42 Å². The van der Waals surface area contributed by atoms with Gasteiger partial charge in [-0.15, -0.1) is 0 Å². The first-order chi connectivity index (χ1) is 6.83. The zero-order chi connectivity index (χ0) is 9.97. The van der Waals surface area contributed by atoms with Crippen molar-refractivity contribution in [3.63, 3.8) is 0 Å². The average Bonchev–Trinajstić information content (AvgIpc) is 2.58. The maximum absolute atomic E-state index is 9.72.